The fourth-order valence-electron chi connectivity index (χ4n) is 1.80. The molecule has 20 heavy (non-hydrogen) atoms. The number of nitrogens with one attached hydrogen (secondary N) is 1. The number of carbonyl (C=O) groups is 1. The van der Waals surface area contributed by atoms with Crippen LogP contribution in [0.15, 0.2) is 30.3 Å². The number of carboxylic acids is 1. The molecule has 0 radical (unpaired) electrons. The van der Waals surface area contributed by atoms with Crippen molar-refractivity contribution in [2.45, 2.75) is 32.4 Å². The Hall–Kier alpha value is -1.59. The molecule has 5 heteroatoms. The molecule has 0 aliphatic carbocycles. The van der Waals surface area contributed by atoms with E-state index < -0.39 is 18.1 Å². The number of benzene rings is 1. The third kappa shape index (κ3) is 5.59. The van der Waals surface area contributed by atoms with E-state index in [1.807, 2.05) is 32.0 Å². The highest BCUT2D eigenvalue weighted by Crippen LogP contribution is 2.09. The van der Waals surface area contributed by atoms with Gasteiger partial charge in [0.15, 0.2) is 0 Å². The zero-order valence-electron chi connectivity index (χ0n) is 12.0. The highest BCUT2D eigenvalue weighted by molar-refractivity contribution is 5.73. The summed E-state index contributed by atoms with van der Waals surface area (Å²) in [6.07, 6.45) is 0.0155. The number of carboxylic acid groups (broad SMARTS) is 1. The first-order chi connectivity index (χ1) is 9.54. The molecule has 3 N–H and O–H groups in total. The van der Waals surface area contributed by atoms with Crippen LogP contribution in [-0.4, -0.2) is 41.5 Å². The minimum atomic E-state index is -0.893. The Balaban J connectivity index is 2.34. The standard InChI is InChI=1S/C15H23NO4/c1-3-11(2)14(15(18)19)16-9-12(17)10-20-13-7-5-4-6-8-13/h4-8,11-12,14,16-17H,3,9-10H2,1-2H3,(H,18,19). The first-order valence-electron chi connectivity index (χ1n) is 6.86. The zero-order chi connectivity index (χ0) is 15.0. The molecule has 0 fully saturated rings. The predicted molar refractivity (Wildman–Crippen MR) is 76.8 cm³/mol. The number of aliphatic carboxylic acids is 1. The molecule has 0 saturated carbocycles. The number of para-hydroxylation sites is 1. The Morgan fingerprint density at radius 2 is 2.00 bits per heavy atom. The fraction of sp³-hybridized carbons (Fsp3) is 0.533. The first kappa shape index (κ1) is 16.5. The molecule has 0 heterocycles. The molecule has 0 aliphatic heterocycles. The molecule has 0 amide bonds. The summed E-state index contributed by atoms with van der Waals surface area (Å²) in [5.74, 6) is -0.200. The van der Waals surface area contributed by atoms with Crippen LogP contribution in [0, 0.1) is 5.92 Å². The smallest absolute Gasteiger partial charge is 0.320 e. The molecule has 0 saturated heterocycles. The van der Waals surface area contributed by atoms with E-state index in [0.29, 0.717) is 5.75 Å². The lowest BCUT2D eigenvalue weighted by atomic mass is 9.99. The average molecular weight is 281 g/mol. The van der Waals surface area contributed by atoms with E-state index in [1.165, 1.54) is 0 Å². The van der Waals surface area contributed by atoms with Crippen molar-refractivity contribution in [3.63, 3.8) is 0 Å². The lowest BCUT2D eigenvalue weighted by Crippen LogP contribution is -2.45. The van der Waals surface area contributed by atoms with Gasteiger partial charge in [0, 0.05) is 6.54 Å². The molecule has 0 aromatic heterocycles. The van der Waals surface area contributed by atoms with Crippen molar-refractivity contribution < 1.29 is 19.7 Å². The highest BCUT2D eigenvalue weighted by atomic mass is 16.5. The van der Waals surface area contributed by atoms with Gasteiger partial charge in [-0.25, -0.2) is 0 Å². The normalized spacial score (nSPS) is 15.3. The van der Waals surface area contributed by atoms with E-state index in [-0.39, 0.29) is 19.1 Å². The van der Waals surface area contributed by atoms with Crippen molar-refractivity contribution in [2.75, 3.05) is 13.2 Å². The van der Waals surface area contributed by atoms with Crippen LogP contribution in [0.2, 0.25) is 0 Å². The van der Waals surface area contributed by atoms with E-state index in [4.69, 9.17) is 9.84 Å². The van der Waals surface area contributed by atoms with Gasteiger partial charge >= 0.3 is 5.97 Å². The van der Waals surface area contributed by atoms with Crippen molar-refractivity contribution in [1.29, 1.82) is 0 Å². The maximum atomic E-state index is 11.1. The van der Waals surface area contributed by atoms with Crippen molar-refractivity contribution in [3.8, 4) is 5.75 Å². The summed E-state index contributed by atoms with van der Waals surface area (Å²) in [6, 6.07) is 8.55. The van der Waals surface area contributed by atoms with E-state index in [2.05, 4.69) is 5.32 Å². The summed E-state index contributed by atoms with van der Waals surface area (Å²) in [7, 11) is 0. The molecule has 3 atom stereocenters. The summed E-state index contributed by atoms with van der Waals surface area (Å²) in [6.45, 7) is 4.13. The van der Waals surface area contributed by atoms with Crippen molar-refractivity contribution in [1.82, 2.24) is 5.32 Å². The predicted octanol–water partition coefficient (Wildman–Crippen LogP) is 1.52. The maximum absolute atomic E-state index is 11.1. The lowest BCUT2D eigenvalue weighted by molar-refractivity contribution is -0.141. The average Bonchev–Trinajstić information content (AvgIpc) is 2.45. The number of aliphatic hydroxyl groups is 1. The van der Waals surface area contributed by atoms with Crippen LogP contribution in [0.25, 0.3) is 0 Å². The molecular formula is C15H23NO4. The molecule has 3 unspecified atom stereocenters. The second kappa shape index (κ2) is 8.55. The molecule has 0 spiro atoms. The van der Waals surface area contributed by atoms with Crippen LogP contribution in [-0.2, 0) is 4.79 Å². The van der Waals surface area contributed by atoms with Crippen LogP contribution in [0.5, 0.6) is 5.75 Å². The van der Waals surface area contributed by atoms with Gasteiger partial charge in [-0.05, 0) is 18.1 Å². The lowest BCUT2D eigenvalue weighted by Gasteiger charge is -2.22. The maximum Gasteiger partial charge on any atom is 0.320 e. The molecule has 0 bridgehead atoms. The number of hydrogen-bond donors (Lipinski definition) is 3. The van der Waals surface area contributed by atoms with Crippen molar-refractivity contribution in [2.24, 2.45) is 5.92 Å². The van der Waals surface area contributed by atoms with E-state index in [1.54, 1.807) is 12.1 Å². The molecular weight excluding hydrogens is 258 g/mol. The summed E-state index contributed by atoms with van der Waals surface area (Å²) < 4.78 is 5.41. The van der Waals surface area contributed by atoms with Gasteiger partial charge in [0.2, 0.25) is 0 Å². The van der Waals surface area contributed by atoms with Gasteiger partial charge in [0.25, 0.3) is 0 Å². The second-order valence-corrected chi connectivity index (χ2v) is 4.89. The fourth-order valence-corrected chi connectivity index (χ4v) is 1.80. The second-order valence-electron chi connectivity index (χ2n) is 4.89. The Morgan fingerprint density at radius 3 is 2.55 bits per heavy atom. The van der Waals surface area contributed by atoms with Gasteiger partial charge < -0.3 is 20.3 Å². The van der Waals surface area contributed by atoms with Crippen LogP contribution in [0.3, 0.4) is 0 Å². The summed E-state index contributed by atoms with van der Waals surface area (Å²) in [5, 5.41) is 21.8. The van der Waals surface area contributed by atoms with Crippen LogP contribution in [0.1, 0.15) is 20.3 Å². The van der Waals surface area contributed by atoms with E-state index in [9.17, 15) is 9.90 Å². The number of ether oxygens (including phenoxy) is 1. The Morgan fingerprint density at radius 1 is 1.35 bits per heavy atom. The third-order valence-electron chi connectivity index (χ3n) is 3.24. The SMILES string of the molecule is CCC(C)C(NCC(O)COc1ccccc1)C(=O)O. The van der Waals surface area contributed by atoms with Crippen LogP contribution < -0.4 is 10.1 Å². The molecule has 1 aromatic carbocycles. The molecule has 5 nitrogen and oxygen atoms in total. The number of aliphatic hydroxyl groups excluding tert-OH is 1. The molecule has 0 aliphatic rings. The number of rotatable bonds is 9. The Bertz CT molecular complexity index is 396. The van der Waals surface area contributed by atoms with E-state index >= 15 is 0 Å². The summed E-state index contributed by atoms with van der Waals surface area (Å²) in [4.78, 5) is 11.1. The molecule has 1 rings (SSSR count). The van der Waals surface area contributed by atoms with E-state index in [0.717, 1.165) is 6.42 Å². The number of hydrogen-bond acceptors (Lipinski definition) is 4. The minimum absolute atomic E-state index is 0.00902. The summed E-state index contributed by atoms with van der Waals surface area (Å²) >= 11 is 0. The zero-order valence-corrected chi connectivity index (χ0v) is 12.0. The van der Waals surface area contributed by atoms with Gasteiger partial charge in [-0.1, -0.05) is 38.5 Å². The summed E-state index contributed by atoms with van der Waals surface area (Å²) in [5.41, 5.74) is 0. The first-order valence-corrected chi connectivity index (χ1v) is 6.86. The van der Waals surface area contributed by atoms with Gasteiger partial charge in [-0.2, -0.15) is 0 Å². The van der Waals surface area contributed by atoms with Crippen molar-refractivity contribution in [3.05, 3.63) is 30.3 Å². The topological polar surface area (TPSA) is 78.8 Å². The van der Waals surface area contributed by atoms with Gasteiger partial charge in [-0.3, -0.25) is 4.79 Å². The Kier molecular flexibility index (Phi) is 7.04. The monoisotopic (exact) mass is 281 g/mol. The third-order valence-corrected chi connectivity index (χ3v) is 3.24. The molecule has 1 aromatic rings. The van der Waals surface area contributed by atoms with Crippen LogP contribution in [0.4, 0.5) is 0 Å². The van der Waals surface area contributed by atoms with Crippen molar-refractivity contribution >= 4 is 5.97 Å². The van der Waals surface area contributed by atoms with Gasteiger partial charge in [-0.15, -0.1) is 0 Å². The van der Waals surface area contributed by atoms with Gasteiger partial charge in [0.05, 0.1) is 0 Å². The van der Waals surface area contributed by atoms with Gasteiger partial charge in [0.1, 0.15) is 24.5 Å². The Labute approximate surface area is 119 Å². The molecule has 112 valence electrons. The largest absolute Gasteiger partial charge is 0.491 e. The highest BCUT2D eigenvalue weighted by Gasteiger charge is 2.23. The minimum Gasteiger partial charge on any atom is -0.491 e. The van der Waals surface area contributed by atoms with Crippen LogP contribution >= 0.6 is 0 Å². The quantitative estimate of drug-likeness (QED) is 0.639.